The highest BCUT2D eigenvalue weighted by Crippen LogP contribution is 2.76. The van der Waals surface area contributed by atoms with Crippen LogP contribution in [-0.2, 0) is 0 Å². The molecule has 0 amide bonds. The maximum absolute atomic E-state index is 4.18. The molecule has 0 heterocycles. The number of hydrogen-bond donors (Lipinski definition) is 0. The summed E-state index contributed by atoms with van der Waals surface area (Å²) in [6, 6.07) is 0. The highest BCUT2D eigenvalue weighted by Gasteiger charge is 2.67. The Bertz CT molecular complexity index is 526. The lowest BCUT2D eigenvalue weighted by molar-refractivity contribution is -0.0982. The topological polar surface area (TPSA) is 0 Å². The van der Waals surface area contributed by atoms with Gasteiger partial charge in [0, 0.05) is 0 Å². The molecule has 21 heavy (non-hydrogen) atoms. The van der Waals surface area contributed by atoms with Crippen molar-refractivity contribution in [2.24, 2.45) is 34.0 Å². The van der Waals surface area contributed by atoms with Gasteiger partial charge in [-0.3, -0.25) is 0 Å². The SMILES string of the molecule is C=CC1=C(C)CCC2[C@@]3(C)CCC4C[C@@]4(C)C3CC[C@@]12C. The van der Waals surface area contributed by atoms with E-state index in [9.17, 15) is 0 Å². The van der Waals surface area contributed by atoms with Gasteiger partial charge in [-0.25, -0.2) is 0 Å². The lowest BCUT2D eigenvalue weighted by Gasteiger charge is -2.62. The second-order valence-electron chi connectivity index (χ2n) is 9.45. The fraction of sp³-hybridized carbons (Fsp3) is 0.810. The molecule has 0 bridgehead atoms. The van der Waals surface area contributed by atoms with Crippen molar-refractivity contribution in [3.63, 3.8) is 0 Å². The highest BCUT2D eigenvalue weighted by atomic mass is 14.7. The van der Waals surface area contributed by atoms with Crippen molar-refractivity contribution in [2.45, 2.75) is 72.6 Å². The Morgan fingerprint density at radius 1 is 1.00 bits per heavy atom. The summed E-state index contributed by atoms with van der Waals surface area (Å²) in [5.74, 6) is 2.95. The molecule has 4 rings (SSSR count). The number of hydrogen-bond acceptors (Lipinski definition) is 0. The van der Waals surface area contributed by atoms with Gasteiger partial charge < -0.3 is 0 Å². The van der Waals surface area contributed by atoms with Crippen LogP contribution in [0.25, 0.3) is 0 Å². The van der Waals surface area contributed by atoms with Crippen molar-refractivity contribution in [3.05, 3.63) is 23.8 Å². The molecule has 0 N–H and O–H groups in total. The molecule has 0 spiro atoms. The van der Waals surface area contributed by atoms with Crippen molar-refractivity contribution in [1.29, 1.82) is 0 Å². The molecule has 0 aromatic rings. The molecule has 4 aliphatic rings. The van der Waals surface area contributed by atoms with Gasteiger partial charge in [-0.1, -0.05) is 39.0 Å². The van der Waals surface area contributed by atoms with Crippen LogP contribution in [0.3, 0.4) is 0 Å². The summed E-state index contributed by atoms with van der Waals surface area (Å²) in [5, 5.41) is 0. The first-order chi connectivity index (χ1) is 9.86. The maximum atomic E-state index is 4.18. The molecule has 0 saturated heterocycles. The first-order valence-corrected chi connectivity index (χ1v) is 9.19. The highest BCUT2D eigenvalue weighted by molar-refractivity contribution is 5.36. The summed E-state index contributed by atoms with van der Waals surface area (Å²) in [7, 11) is 0. The van der Waals surface area contributed by atoms with Crippen molar-refractivity contribution in [3.8, 4) is 0 Å². The molecule has 0 aliphatic heterocycles. The number of rotatable bonds is 1. The van der Waals surface area contributed by atoms with Gasteiger partial charge in [-0.15, -0.1) is 0 Å². The van der Waals surface area contributed by atoms with E-state index in [1.165, 1.54) is 44.9 Å². The van der Waals surface area contributed by atoms with Crippen molar-refractivity contribution >= 4 is 0 Å². The molecule has 0 heteroatoms. The van der Waals surface area contributed by atoms with Crippen LogP contribution in [0.4, 0.5) is 0 Å². The fourth-order valence-corrected chi connectivity index (χ4v) is 7.53. The predicted octanol–water partition coefficient (Wildman–Crippen LogP) is 6.14. The predicted molar refractivity (Wildman–Crippen MR) is 90.0 cm³/mol. The summed E-state index contributed by atoms with van der Waals surface area (Å²) < 4.78 is 0. The van der Waals surface area contributed by atoms with Gasteiger partial charge in [0.1, 0.15) is 0 Å². The average molecular weight is 284 g/mol. The minimum Gasteiger partial charge on any atom is -0.0988 e. The Morgan fingerprint density at radius 2 is 1.76 bits per heavy atom. The molecule has 116 valence electrons. The van der Waals surface area contributed by atoms with Crippen LogP contribution in [0.1, 0.15) is 72.6 Å². The molecule has 0 aromatic carbocycles. The maximum Gasteiger partial charge on any atom is -0.00423 e. The number of fused-ring (bicyclic) bond motifs is 5. The van der Waals surface area contributed by atoms with E-state index in [0.717, 1.165) is 17.8 Å². The minimum atomic E-state index is 0.410. The number of allylic oxidation sites excluding steroid dienone is 3. The Kier molecular flexibility index (Phi) is 2.73. The van der Waals surface area contributed by atoms with Gasteiger partial charge in [-0.2, -0.15) is 0 Å². The van der Waals surface area contributed by atoms with Crippen LogP contribution in [0.2, 0.25) is 0 Å². The van der Waals surface area contributed by atoms with E-state index < -0.39 is 0 Å². The van der Waals surface area contributed by atoms with E-state index in [4.69, 9.17) is 0 Å². The van der Waals surface area contributed by atoms with Crippen LogP contribution in [0.15, 0.2) is 23.8 Å². The van der Waals surface area contributed by atoms with E-state index in [0.29, 0.717) is 16.2 Å². The zero-order chi connectivity index (χ0) is 15.0. The smallest absolute Gasteiger partial charge is 0.00423 e. The summed E-state index contributed by atoms with van der Waals surface area (Å²) >= 11 is 0. The lowest BCUT2D eigenvalue weighted by Crippen LogP contribution is -2.54. The zero-order valence-corrected chi connectivity index (χ0v) is 14.5. The van der Waals surface area contributed by atoms with Crippen LogP contribution >= 0.6 is 0 Å². The Labute approximate surface area is 131 Å². The van der Waals surface area contributed by atoms with Crippen LogP contribution in [0.5, 0.6) is 0 Å². The van der Waals surface area contributed by atoms with Gasteiger partial charge in [0.25, 0.3) is 0 Å². The summed E-state index contributed by atoms with van der Waals surface area (Å²) in [6.45, 7) is 14.4. The fourth-order valence-electron chi connectivity index (χ4n) is 7.53. The first-order valence-electron chi connectivity index (χ1n) is 9.19. The van der Waals surface area contributed by atoms with Gasteiger partial charge in [-0.05, 0) is 91.4 Å². The molecular weight excluding hydrogens is 252 g/mol. The lowest BCUT2D eigenvalue weighted by atomic mass is 9.42. The Morgan fingerprint density at radius 3 is 2.48 bits per heavy atom. The summed E-state index contributed by atoms with van der Waals surface area (Å²) in [6.07, 6.45) is 12.3. The molecule has 0 nitrogen and oxygen atoms in total. The normalized spacial score (nSPS) is 55.3. The van der Waals surface area contributed by atoms with Gasteiger partial charge in [0.2, 0.25) is 0 Å². The van der Waals surface area contributed by atoms with E-state index in [1.807, 2.05) is 0 Å². The van der Waals surface area contributed by atoms with Crippen LogP contribution in [-0.4, -0.2) is 0 Å². The van der Waals surface area contributed by atoms with Gasteiger partial charge in [0.15, 0.2) is 0 Å². The molecule has 3 unspecified atom stereocenters. The quantitative estimate of drug-likeness (QED) is 0.542. The van der Waals surface area contributed by atoms with Gasteiger partial charge >= 0.3 is 0 Å². The molecular formula is C21H32. The third kappa shape index (κ3) is 1.57. The van der Waals surface area contributed by atoms with Crippen LogP contribution in [0, 0.1) is 34.0 Å². The Hall–Kier alpha value is -0.520. The standard InChI is InChI=1S/C21H32/c1-6-16-14(2)7-8-17-19(16,3)12-10-18-20(17,4)11-9-15-13-21(15,18)5/h6,15,17-18H,1,7-13H2,2-5H3/t15?,17?,18?,19-,20+,21+/m0/s1. The molecule has 4 aliphatic carbocycles. The molecule has 0 radical (unpaired) electrons. The van der Waals surface area contributed by atoms with E-state index >= 15 is 0 Å². The summed E-state index contributed by atoms with van der Waals surface area (Å²) in [4.78, 5) is 0. The van der Waals surface area contributed by atoms with E-state index in [1.54, 1.807) is 11.1 Å². The monoisotopic (exact) mass is 284 g/mol. The molecule has 3 fully saturated rings. The summed E-state index contributed by atoms with van der Waals surface area (Å²) in [5.41, 5.74) is 4.94. The second-order valence-corrected chi connectivity index (χ2v) is 9.45. The third-order valence-electron chi connectivity index (χ3n) is 8.69. The minimum absolute atomic E-state index is 0.410. The third-order valence-corrected chi connectivity index (χ3v) is 8.69. The van der Waals surface area contributed by atoms with E-state index in [2.05, 4.69) is 40.3 Å². The zero-order valence-electron chi connectivity index (χ0n) is 14.5. The van der Waals surface area contributed by atoms with Crippen LogP contribution < -0.4 is 0 Å². The van der Waals surface area contributed by atoms with Crippen molar-refractivity contribution < 1.29 is 0 Å². The van der Waals surface area contributed by atoms with Crippen molar-refractivity contribution in [2.75, 3.05) is 0 Å². The van der Waals surface area contributed by atoms with Gasteiger partial charge in [0.05, 0.1) is 0 Å². The second kappa shape index (κ2) is 4.06. The Balaban J connectivity index is 1.78. The first kappa shape index (κ1) is 14.1. The average Bonchev–Trinajstić information content (AvgIpc) is 3.09. The van der Waals surface area contributed by atoms with E-state index in [-0.39, 0.29) is 0 Å². The largest absolute Gasteiger partial charge is 0.0988 e. The molecule has 0 aromatic heterocycles. The molecule has 6 atom stereocenters. The van der Waals surface area contributed by atoms with Crippen molar-refractivity contribution in [1.82, 2.24) is 0 Å². The molecule has 3 saturated carbocycles.